The van der Waals surface area contributed by atoms with Gasteiger partial charge >= 0.3 is 0 Å². The Balaban J connectivity index is 1.95. The highest BCUT2D eigenvalue weighted by Gasteiger charge is 2.19. The quantitative estimate of drug-likeness (QED) is 0.775. The summed E-state index contributed by atoms with van der Waals surface area (Å²) in [6.07, 6.45) is 5.34. The number of hydrogen-bond acceptors (Lipinski definition) is 5. The summed E-state index contributed by atoms with van der Waals surface area (Å²) < 4.78 is 13.4. The standard InChI is InChI=1S/C18H20FN5O/c19-13-5-6-15(12(8-13)9-20)22-17-14(10-21)18(25)24-16(23-17)7-11-3-1-2-4-11/h5-6,8,11H,1-4,7,9,20H2,(H2,22,23,24,25). The molecule has 0 aliphatic heterocycles. The van der Waals surface area contributed by atoms with Crippen LogP contribution < -0.4 is 16.6 Å². The molecule has 1 aliphatic rings. The first-order valence-corrected chi connectivity index (χ1v) is 8.39. The highest BCUT2D eigenvalue weighted by Crippen LogP contribution is 2.28. The molecule has 1 heterocycles. The van der Waals surface area contributed by atoms with Crippen molar-refractivity contribution in [3.05, 3.63) is 51.3 Å². The van der Waals surface area contributed by atoms with Gasteiger partial charge in [-0.3, -0.25) is 4.79 Å². The molecular formula is C18H20FN5O. The maximum absolute atomic E-state index is 13.4. The predicted molar refractivity (Wildman–Crippen MR) is 92.8 cm³/mol. The number of nitriles is 1. The van der Waals surface area contributed by atoms with Gasteiger partial charge < -0.3 is 16.0 Å². The number of halogens is 1. The van der Waals surface area contributed by atoms with Crippen LogP contribution in [-0.2, 0) is 13.0 Å². The molecule has 1 saturated carbocycles. The number of H-pyrrole nitrogens is 1. The topological polar surface area (TPSA) is 108 Å². The van der Waals surface area contributed by atoms with Crippen molar-refractivity contribution in [1.29, 1.82) is 5.26 Å². The van der Waals surface area contributed by atoms with Gasteiger partial charge in [0, 0.05) is 18.7 Å². The third-order valence-corrected chi connectivity index (χ3v) is 4.58. The van der Waals surface area contributed by atoms with Crippen LogP contribution in [0.2, 0.25) is 0 Å². The fraction of sp³-hybridized carbons (Fsp3) is 0.389. The van der Waals surface area contributed by atoms with E-state index in [1.54, 1.807) is 0 Å². The van der Waals surface area contributed by atoms with Crippen LogP contribution in [0.5, 0.6) is 0 Å². The largest absolute Gasteiger partial charge is 0.339 e. The number of nitrogens with two attached hydrogens (primary N) is 1. The van der Waals surface area contributed by atoms with Crippen LogP contribution in [0.4, 0.5) is 15.9 Å². The second-order valence-electron chi connectivity index (χ2n) is 6.33. The number of anilines is 2. The van der Waals surface area contributed by atoms with Gasteiger partial charge in [-0.25, -0.2) is 9.37 Å². The molecule has 0 unspecified atom stereocenters. The van der Waals surface area contributed by atoms with Gasteiger partial charge in [-0.15, -0.1) is 0 Å². The lowest BCUT2D eigenvalue weighted by Gasteiger charge is -2.13. The number of hydrogen-bond donors (Lipinski definition) is 3. The Labute approximate surface area is 144 Å². The van der Waals surface area contributed by atoms with Crippen molar-refractivity contribution in [3.63, 3.8) is 0 Å². The number of nitrogens with zero attached hydrogens (tertiary/aromatic N) is 2. The Hall–Kier alpha value is -2.72. The molecule has 0 spiro atoms. The molecule has 1 aromatic heterocycles. The molecule has 0 amide bonds. The fourth-order valence-corrected chi connectivity index (χ4v) is 3.28. The second-order valence-corrected chi connectivity index (χ2v) is 6.33. The van der Waals surface area contributed by atoms with Crippen molar-refractivity contribution in [2.75, 3.05) is 5.32 Å². The first-order valence-electron chi connectivity index (χ1n) is 8.39. The van der Waals surface area contributed by atoms with Gasteiger partial charge in [0.05, 0.1) is 0 Å². The van der Waals surface area contributed by atoms with Gasteiger partial charge in [-0.2, -0.15) is 5.26 Å². The lowest BCUT2D eigenvalue weighted by molar-refractivity contribution is 0.529. The third-order valence-electron chi connectivity index (χ3n) is 4.58. The normalized spacial score (nSPS) is 14.4. The minimum atomic E-state index is -0.468. The van der Waals surface area contributed by atoms with Crippen molar-refractivity contribution < 1.29 is 4.39 Å². The van der Waals surface area contributed by atoms with Crippen LogP contribution in [-0.4, -0.2) is 9.97 Å². The minimum absolute atomic E-state index is 0.0949. The summed E-state index contributed by atoms with van der Waals surface area (Å²) in [5.41, 5.74) is 6.17. The lowest BCUT2D eigenvalue weighted by atomic mass is 10.0. The van der Waals surface area contributed by atoms with E-state index in [-0.39, 0.29) is 17.9 Å². The summed E-state index contributed by atoms with van der Waals surface area (Å²) in [5.74, 6) is 0.858. The van der Waals surface area contributed by atoms with Crippen LogP contribution >= 0.6 is 0 Å². The smallest absolute Gasteiger partial charge is 0.271 e. The lowest BCUT2D eigenvalue weighted by Crippen LogP contribution is -2.19. The zero-order chi connectivity index (χ0) is 17.8. The Kier molecular flexibility index (Phi) is 5.10. The molecule has 0 radical (unpaired) electrons. The van der Waals surface area contributed by atoms with E-state index in [9.17, 15) is 14.4 Å². The van der Waals surface area contributed by atoms with Gasteiger partial charge in [0.15, 0.2) is 11.4 Å². The molecule has 0 bridgehead atoms. The predicted octanol–water partition coefficient (Wildman–Crippen LogP) is 2.72. The van der Waals surface area contributed by atoms with Crippen molar-refractivity contribution >= 4 is 11.5 Å². The van der Waals surface area contributed by atoms with E-state index in [4.69, 9.17) is 5.73 Å². The summed E-state index contributed by atoms with van der Waals surface area (Å²) in [5, 5.41) is 12.3. The van der Waals surface area contributed by atoms with Crippen molar-refractivity contribution in [1.82, 2.24) is 9.97 Å². The molecule has 4 N–H and O–H groups in total. The molecule has 1 aliphatic carbocycles. The zero-order valence-corrected chi connectivity index (χ0v) is 13.8. The number of aromatic nitrogens is 2. The van der Waals surface area contributed by atoms with Gasteiger partial charge in [-0.05, 0) is 29.7 Å². The Morgan fingerprint density at radius 3 is 2.84 bits per heavy atom. The van der Waals surface area contributed by atoms with E-state index < -0.39 is 11.4 Å². The third kappa shape index (κ3) is 3.86. The van der Waals surface area contributed by atoms with Crippen LogP contribution in [0.15, 0.2) is 23.0 Å². The molecule has 25 heavy (non-hydrogen) atoms. The molecule has 0 saturated heterocycles. The molecule has 1 aromatic carbocycles. The SMILES string of the molecule is N#Cc1c(Nc2ccc(F)cc2CN)nc(CC2CCCC2)[nH]c1=O. The molecule has 0 atom stereocenters. The van der Waals surface area contributed by atoms with Gasteiger partial charge in [0.2, 0.25) is 0 Å². The van der Waals surface area contributed by atoms with E-state index in [0.29, 0.717) is 29.4 Å². The van der Waals surface area contributed by atoms with Gasteiger partial charge in [-0.1, -0.05) is 25.7 Å². The van der Waals surface area contributed by atoms with Crippen LogP contribution in [0, 0.1) is 23.1 Å². The molecule has 2 aromatic rings. The Morgan fingerprint density at radius 2 is 2.16 bits per heavy atom. The number of nitrogens with one attached hydrogen (secondary N) is 2. The maximum atomic E-state index is 13.4. The maximum Gasteiger partial charge on any atom is 0.271 e. The first-order chi connectivity index (χ1) is 12.1. The van der Waals surface area contributed by atoms with E-state index in [0.717, 1.165) is 12.8 Å². The highest BCUT2D eigenvalue weighted by atomic mass is 19.1. The summed E-state index contributed by atoms with van der Waals surface area (Å²) in [6, 6.07) is 6.02. The summed E-state index contributed by atoms with van der Waals surface area (Å²) in [7, 11) is 0. The average Bonchev–Trinajstić information content (AvgIpc) is 3.09. The first kappa shape index (κ1) is 17.1. The molecule has 1 fully saturated rings. The van der Waals surface area contributed by atoms with Crippen molar-refractivity contribution in [2.45, 2.75) is 38.6 Å². The van der Waals surface area contributed by atoms with E-state index in [2.05, 4.69) is 15.3 Å². The van der Waals surface area contributed by atoms with Gasteiger partial charge in [0.1, 0.15) is 17.7 Å². The summed E-state index contributed by atoms with van der Waals surface area (Å²) in [4.78, 5) is 19.4. The van der Waals surface area contributed by atoms with Gasteiger partial charge in [0.25, 0.3) is 5.56 Å². The Bertz CT molecular complexity index is 865. The van der Waals surface area contributed by atoms with E-state index in [1.165, 1.54) is 31.0 Å². The van der Waals surface area contributed by atoms with E-state index >= 15 is 0 Å². The summed E-state index contributed by atoms with van der Waals surface area (Å²) in [6.45, 7) is 0.125. The average molecular weight is 341 g/mol. The zero-order valence-electron chi connectivity index (χ0n) is 13.8. The second kappa shape index (κ2) is 7.45. The number of rotatable bonds is 5. The van der Waals surface area contributed by atoms with Crippen LogP contribution in [0.1, 0.15) is 42.6 Å². The minimum Gasteiger partial charge on any atom is -0.339 e. The Morgan fingerprint density at radius 1 is 1.40 bits per heavy atom. The van der Waals surface area contributed by atoms with E-state index in [1.807, 2.05) is 6.07 Å². The molecule has 3 rings (SSSR count). The number of aromatic amines is 1. The fourth-order valence-electron chi connectivity index (χ4n) is 3.28. The van der Waals surface area contributed by atoms with Crippen molar-refractivity contribution in [2.24, 2.45) is 11.7 Å². The molecule has 7 heteroatoms. The molecule has 130 valence electrons. The summed E-state index contributed by atoms with van der Waals surface area (Å²) >= 11 is 0. The number of benzene rings is 1. The molecular weight excluding hydrogens is 321 g/mol. The monoisotopic (exact) mass is 341 g/mol. The van der Waals surface area contributed by atoms with Crippen molar-refractivity contribution in [3.8, 4) is 6.07 Å². The highest BCUT2D eigenvalue weighted by molar-refractivity contribution is 5.65. The van der Waals surface area contributed by atoms with Crippen LogP contribution in [0.25, 0.3) is 0 Å². The van der Waals surface area contributed by atoms with Crippen LogP contribution in [0.3, 0.4) is 0 Å². The molecule has 6 nitrogen and oxygen atoms in total.